The lowest BCUT2D eigenvalue weighted by Gasteiger charge is -2.33. The van der Waals surface area contributed by atoms with E-state index in [0.717, 1.165) is 36.3 Å². The summed E-state index contributed by atoms with van der Waals surface area (Å²) in [6.45, 7) is 5.90. The normalized spacial score (nSPS) is 16.2. The fraction of sp³-hybridized carbons (Fsp3) is 0.375. The van der Waals surface area contributed by atoms with Gasteiger partial charge >= 0.3 is 6.18 Å². The van der Waals surface area contributed by atoms with Crippen LogP contribution in [0.1, 0.15) is 68.6 Å². The Morgan fingerprint density at radius 3 is 2.48 bits per heavy atom. The number of carbonyl (C=O) groups excluding carboxylic acids is 1. The van der Waals surface area contributed by atoms with E-state index in [1.165, 1.54) is 6.07 Å². The number of hydrogen-bond donors (Lipinski definition) is 1. The number of H-pyrrole nitrogens is 1. The summed E-state index contributed by atoms with van der Waals surface area (Å²) in [4.78, 5) is 37.7. The average molecular weight is 650 g/mol. The molecule has 1 aliphatic heterocycles. The number of nitrogens with one attached hydrogen (secondary N) is 1. The first kappa shape index (κ1) is 31.2. The highest BCUT2D eigenvalue weighted by Gasteiger charge is 2.57. The van der Waals surface area contributed by atoms with E-state index >= 15 is 0 Å². The van der Waals surface area contributed by atoms with E-state index in [1.807, 2.05) is 13.8 Å². The van der Waals surface area contributed by atoms with Gasteiger partial charge in [0.05, 0.1) is 40.7 Å². The number of alkyl halides is 3. The smallest absolute Gasteiger partial charge is 0.417 e. The van der Waals surface area contributed by atoms with Crippen molar-refractivity contribution in [2.45, 2.75) is 71.0 Å². The second-order valence-electron chi connectivity index (χ2n) is 11.4. The number of nitriles is 1. The molecule has 238 valence electrons. The first-order chi connectivity index (χ1) is 21.9. The Hall–Kier alpha value is -4.77. The zero-order chi connectivity index (χ0) is 33.0. The van der Waals surface area contributed by atoms with Crippen molar-refractivity contribution in [2.24, 2.45) is 0 Å². The number of thiocarbonyl (C=S) groups is 1. The average Bonchev–Trinajstić information content (AvgIpc) is 3.68. The third-order valence-electron chi connectivity index (χ3n) is 8.52. The van der Waals surface area contributed by atoms with Gasteiger partial charge in [0.15, 0.2) is 16.5 Å². The minimum absolute atomic E-state index is 0.00668. The van der Waals surface area contributed by atoms with Gasteiger partial charge in [-0.1, -0.05) is 19.8 Å². The molecule has 1 saturated carbocycles. The minimum Gasteiger partial charge on any atom is -0.493 e. The predicted molar refractivity (Wildman–Crippen MR) is 169 cm³/mol. The molecule has 6 rings (SSSR count). The summed E-state index contributed by atoms with van der Waals surface area (Å²) in [5.41, 5.74) is -1.45. The van der Waals surface area contributed by atoms with E-state index < -0.39 is 28.7 Å². The molecule has 2 aromatic carbocycles. The maximum atomic E-state index is 14.2. The summed E-state index contributed by atoms with van der Waals surface area (Å²) in [5, 5.41) is 14.0. The van der Waals surface area contributed by atoms with Crippen molar-refractivity contribution in [3.05, 3.63) is 69.4 Å². The maximum absolute atomic E-state index is 14.2. The number of imidazole rings is 1. The Morgan fingerprint density at radius 1 is 1.11 bits per heavy atom. The molecule has 1 N–H and O–H groups in total. The largest absolute Gasteiger partial charge is 0.493 e. The van der Waals surface area contributed by atoms with Gasteiger partial charge in [-0.25, -0.2) is 9.50 Å². The highest BCUT2D eigenvalue weighted by molar-refractivity contribution is 7.81. The quantitative estimate of drug-likeness (QED) is 0.239. The molecule has 10 nitrogen and oxygen atoms in total. The van der Waals surface area contributed by atoms with Crippen molar-refractivity contribution in [3.63, 3.8) is 0 Å². The molecule has 46 heavy (non-hydrogen) atoms. The lowest BCUT2D eigenvalue weighted by atomic mass is 9.94. The van der Waals surface area contributed by atoms with Crippen molar-refractivity contribution in [1.29, 1.82) is 5.26 Å². The van der Waals surface area contributed by atoms with Gasteiger partial charge < -0.3 is 14.6 Å². The summed E-state index contributed by atoms with van der Waals surface area (Å²) in [5.74, 6) is 0.852. The first-order valence-corrected chi connectivity index (χ1v) is 15.4. The monoisotopic (exact) mass is 649 g/mol. The molecule has 0 unspecified atom stereocenters. The van der Waals surface area contributed by atoms with Crippen LogP contribution in [0.15, 0.2) is 41.2 Å². The van der Waals surface area contributed by atoms with Crippen LogP contribution in [0.4, 0.5) is 24.5 Å². The molecule has 2 fully saturated rings. The molecule has 1 spiro atoms. The van der Waals surface area contributed by atoms with E-state index in [2.05, 4.69) is 9.97 Å². The van der Waals surface area contributed by atoms with Gasteiger partial charge in [-0.05, 0) is 81.7 Å². The van der Waals surface area contributed by atoms with Gasteiger partial charge in [0.2, 0.25) is 0 Å². The number of aromatic nitrogens is 4. The van der Waals surface area contributed by atoms with E-state index in [-0.39, 0.29) is 22.2 Å². The first-order valence-electron chi connectivity index (χ1n) is 15.0. The number of ether oxygens (including phenoxy) is 1. The number of hydrogen-bond acceptors (Lipinski definition) is 7. The number of anilines is 2. The van der Waals surface area contributed by atoms with Crippen LogP contribution in [0.5, 0.6) is 5.75 Å². The Labute approximate surface area is 267 Å². The van der Waals surface area contributed by atoms with Crippen LogP contribution in [-0.2, 0) is 17.4 Å². The van der Waals surface area contributed by atoms with Gasteiger partial charge in [0, 0.05) is 12.1 Å². The van der Waals surface area contributed by atoms with Crippen molar-refractivity contribution in [3.8, 4) is 23.2 Å². The zero-order valence-electron chi connectivity index (χ0n) is 25.4. The summed E-state index contributed by atoms with van der Waals surface area (Å²) in [7, 11) is 0. The van der Waals surface area contributed by atoms with E-state index in [1.54, 1.807) is 40.6 Å². The number of amides is 1. The topological polar surface area (TPSA) is 120 Å². The van der Waals surface area contributed by atoms with Crippen molar-refractivity contribution in [1.82, 2.24) is 19.6 Å². The molecule has 2 aliphatic rings. The van der Waals surface area contributed by atoms with Gasteiger partial charge in [-0.3, -0.25) is 14.5 Å². The second kappa shape index (κ2) is 11.5. The maximum Gasteiger partial charge on any atom is 0.417 e. The fourth-order valence-electron chi connectivity index (χ4n) is 6.53. The molecule has 4 aromatic rings. The van der Waals surface area contributed by atoms with E-state index in [0.29, 0.717) is 59.9 Å². The van der Waals surface area contributed by atoms with Crippen LogP contribution in [0.2, 0.25) is 0 Å². The molecule has 0 bridgehead atoms. The van der Waals surface area contributed by atoms with Crippen LogP contribution in [0.25, 0.3) is 16.9 Å². The minimum atomic E-state index is -4.81. The van der Waals surface area contributed by atoms with E-state index in [9.17, 15) is 28.0 Å². The van der Waals surface area contributed by atoms with Crippen molar-refractivity contribution in [2.75, 3.05) is 16.4 Å². The molecule has 1 saturated heterocycles. The summed E-state index contributed by atoms with van der Waals surface area (Å²) < 4.78 is 49.1. The van der Waals surface area contributed by atoms with Crippen LogP contribution >= 0.6 is 12.2 Å². The Morgan fingerprint density at radius 2 is 1.83 bits per heavy atom. The number of halogens is 3. The summed E-state index contributed by atoms with van der Waals surface area (Å²) in [6.07, 6.45) is -1.10. The van der Waals surface area contributed by atoms with Gasteiger partial charge in [-0.15, -0.1) is 5.10 Å². The number of rotatable bonds is 7. The molecule has 1 aliphatic carbocycles. The Kier molecular flexibility index (Phi) is 7.84. The molecule has 1 amide bonds. The molecule has 3 heterocycles. The fourth-order valence-corrected chi connectivity index (χ4v) is 6.99. The van der Waals surface area contributed by atoms with Crippen LogP contribution in [-0.4, -0.2) is 42.7 Å². The lowest BCUT2D eigenvalue weighted by molar-refractivity contribution is -0.137. The molecule has 0 atom stereocenters. The Balaban J connectivity index is 1.51. The molecular formula is C32H30F3N7O3S. The standard InChI is InChI=1S/C32H30F3N7O3S/c1-4-8-25-37-18(3)26-28(43)38-27(39-42(25)26)22-15-21(11-12-24(22)45-5-2)41-30(46)40(29(44)31(41)13-6-7-14-31)20-10-9-19(17-36)23(16-20)32(33,34)35/h9-12,15-16H,4-8,13-14H2,1-3H3,(H,38,39,43). The van der Waals surface area contributed by atoms with Crippen LogP contribution < -0.4 is 20.1 Å². The van der Waals surface area contributed by atoms with Gasteiger partial charge in [0.1, 0.15) is 17.1 Å². The number of aromatic amines is 1. The van der Waals surface area contributed by atoms with Gasteiger partial charge in [-0.2, -0.15) is 18.4 Å². The summed E-state index contributed by atoms with van der Waals surface area (Å²) in [6, 6.07) is 9.88. The molecule has 14 heteroatoms. The number of fused-ring (bicyclic) bond motifs is 1. The van der Waals surface area contributed by atoms with Crippen LogP contribution in [0.3, 0.4) is 0 Å². The zero-order valence-corrected chi connectivity index (χ0v) is 26.2. The third kappa shape index (κ3) is 4.89. The van der Waals surface area contributed by atoms with E-state index in [4.69, 9.17) is 22.1 Å². The van der Waals surface area contributed by atoms with Crippen molar-refractivity contribution < 1.29 is 22.7 Å². The number of carbonyl (C=O) groups is 1. The van der Waals surface area contributed by atoms with Gasteiger partial charge in [0.25, 0.3) is 11.5 Å². The number of benzene rings is 2. The number of nitrogens with zero attached hydrogens (tertiary/aromatic N) is 6. The third-order valence-corrected chi connectivity index (χ3v) is 8.89. The second-order valence-corrected chi connectivity index (χ2v) is 11.7. The SMILES string of the molecule is CCCc1nc(C)c2c(=O)[nH]c(-c3cc(N4C(=S)N(c5ccc(C#N)c(C(F)(F)F)c5)C(=O)C45CCCC5)ccc3OCC)nn12. The highest BCUT2D eigenvalue weighted by Crippen LogP contribution is 2.48. The molecule has 0 radical (unpaired) electrons. The predicted octanol–water partition coefficient (Wildman–Crippen LogP) is 6.09. The number of aryl methyl sites for hydroxylation is 2. The summed E-state index contributed by atoms with van der Waals surface area (Å²) >= 11 is 5.85. The highest BCUT2D eigenvalue weighted by atomic mass is 32.1. The van der Waals surface area contributed by atoms with Crippen molar-refractivity contribution >= 4 is 40.1 Å². The molecular weight excluding hydrogens is 619 g/mol. The molecule has 2 aromatic heterocycles. The van der Waals surface area contributed by atoms with Crippen LogP contribution in [0, 0.1) is 18.3 Å². The Bertz CT molecular complexity index is 1990. The lowest BCUT2D eigenvalue weighted by Crippen LogP contribution is -2.47.